The van der Waals surface area contributed by atoms with Crippen molar-refractivity contribution < 1.29 is 5.11 Å². The Bertz CT molecular complexity index is 336. The summed E-state index contributed by atoms with van der Waals surface area (Å²) in [6, 6.07) is 9.76. The molecule has 1 saturated carbocycles. The Morgan fingerprint density at radius 1 is 1.29 bits per heavy atom. The van der Waals surface area contributed by atoms with Crippen molar-refractivity contribution in [2.24, 2.45) is 0 Å². The summed E-state index contributed by atoms with van der Waals surface area (Å²) < 4.78 is 0. The molecule has 1 aliphatic rings. The molecule has 2 N–H and O–H groups in total. The predicted octanol–water partition coefficient (Wildman–Crippen LogP) is 2.60. The average molecular weight is 233 g/mol. The summed E-state index contributed by atoms with van der Waals surface area (Å²) in [5.41, 5.74) is 2.79. The zero-order chi connectivity index (χ0) is 12.3. The van der Waals surface area contributed by atoms with Crippen molar-refractivity contribution in [3.63, 3.8) is 0 Å². The molecule has 0 spiro atoms. The van der Waals surface area contributed by atoms with Gasteiger partial charge in [0.25, 0.3) is 0 Å². The Morgan fingerprint density at radius 2 is 1.94 bits per heavy atom. The fraction of sp³-hybridized carbons (Fsp3) is 0.600. The monoisotopic (exact) mass is 233 g/mol. The van der Waals surface area contributed by atoms with Gasteiger partial charge in [-0.2, -0.15) is 0 Å². The fourth-order valence-corrected chi connectivity index (χ4v) is 2.50. The predicted molar refractivity (Wildman–Crippen MR) is 71.2 cm³/mol. The smallest absolute Gasteiger partial charge is 0.0584 e. The van der Waals surface area contributed by atoms with Crippen LogP contribution in [0, 0.1) is 6.92 Å². The highest BCUT2D eigenvalue weighted by Crippen LogP contribution is 2.37. The van der Waals surface area contributed by atoms with E-state index in [1.165, 1.54) is 24.0 Å². The molecule has 2 rings (SSSR count). The quantitative estimate of drug-likeness (QED) is 0.819. The third-order valence-corrected chi connectivity index (χ3v) is 3.87. The van der Waals surface area contributed by atoms with E-state index in [0.29, 0.717) is 12.0 Å². The number of hydrogen-bond acceptors (Lipinski definition) is 2. The van der Waals surface area contributed by atoms with E-state index >= 15 is 0 Å². The summed E-state index contributed by atoms with van der Waals surface area (Å²) >= 11 is 0. The second kappa shape index (κ2) is 5.65. The number of rotatable bonds is 5. The molecule has 17 heavy (non-hydrogen) atoms. The van der Waals surface area contributed by atoms with E-state index in [-0.39, 0.29) is 12.6 Å². The normalized spacial score (nSPS) is 25.4. The molecule has 0 amide bonds. The zero-order valence-electron chi connectivity index (χ0n) is 10.8. The maximum atomic E-state index is 9.15. The van der Waals surface area contributed by atoms with Crippen molar-refractivity contribution in [1.82, 2.24) is 5.32 Å². The van der Waals surface area contributed by atoms with Gasteiger partial charge in [0.05, 0.1) is 6.61 Å². The minimum absolute atomic E-state index is 0.252. The Labute approximate surface area is 104 Å². The molecule has 1 atom stereocenters. The maximum Gasteiger partial charge on any atom is 0.0584 e. The van der Waals surface area contributed by atoms with Crippen LogP contribution in [-0.4, -0.2) is 23.8 Å². The lowest BCUT2D eigenvalue weighted by Crippen LogP contribution is -2.46. The average Bonchev–Trinajstić information content (AvgIpc) is 2.30. The van der Waals surface area contributed by atoms with E-state index in [9.17, 15) is 0 Å². The first-order chi connectivity index (χ1) is 8.22. The lowest BCUT2D eigenvalue weighted by Gasteiger charge is -2.38. The summed E-state index contributed by atoms with van der Waals surface area (Å²) in [6.07, 6.45) is 3.42. The summed E-state index contributed by atoms with van der Waals surface area (Å²) in [7, 11) is 0. The van der Waals surface area contributed by atoms with Gasteiger partial charge in [-0.05, 0) is 37.7 Å². The number of nitrogens with one attached hydrogen (secondary N) is 1. The first-order valence-corrected chi connectivity index (χ1v) is 6.66. The van der Waals surface area contributed by atoms with Crippen LogP contribution in [0.4, 0.5) is 0 Å². The molecule has 0 radical (unpaired) electrons. The van der Waals surface area contributed by atoms with Gasteiger partial charge in [-0.3, -0.25) is 0 Å². The summed E-state index contributed by atoms with van der Waals surface area (Å²) in [5, 5.41) is 12.7. The first kappa shape index (κ1) is 12.6. The van der Waals surface area contributed by atoms with Crippen LogP contribution in [0.15, 0.2) is 24.3 Å². The van der Waals surface area contributed by atoms with Gasteiger partial charge in [0.15, 0.2) is 0 Å². The minimum atomic E-state index is 0.252. The van der Waals surface area contributed by atoms with Crippen LogP contribution >= 0.6 is 0 Å². The molecule has 0 heterocycles. The van der Waals surface area contributed by atoms with Gasteiger partial charge in [-0.15, -0.1) is 0 Å². The third kappa shape index (κ3) is 3.08. The van der Waals surface area contributed by atoms with Crippen LogP contribution in [0.1, 0.15) is 43.2 Å². The molecular formula is C15H23NO. The van der Waals surface area contributed by atoms with Crippen LogP contribution in [0.5, 0.6) is 0 Å². The summed E-state index contributed by atoms with van der Waals surface area (Å²) in [4.78, 5) is 0. The number of hydrogen-bond donors (Lipinski definition) is 2. The highest BCUT2D eigenvalue weighted by atomic mass is 16.3. The lowest BCUT2D eigenvalue weighted by atomic mass is 9.75. The molecule has 1 aromatic rings. The van der Waals surface area contributed by atoms with Crippen LogP contribution in [0.2, 0.25) is 0 Å². The van der Waals surface area contributed by atoms with E-state index in [2.05, 4.69) is 43.4 Å². The van der Waals surface area contributed by atoms with Crippen LogP contribution in [0.3, 0.4) is 0 Å². The molecular weight excluding hydrogens is 210 g/mol. The van der Waals surface area contributed by atoms with Gasteiger partial charge < -0.3 is 10.4 Å². The van der Waals surface area contributed by atoms with Crippen molar-refractivity contribution in [1.29, 1.82) is 0 Å². The van der Waals surface area contributed by atoms with E-state index in [4.69, 9.17) is 5.11 Å². The summed E-state index contributed by atoms with van der Waals surface area (Å²) in [5.74, 6) is 0.712. The standard InChI is InChI=1S/C15H23NO/c1-3-14(10-17)16-15-8-13(9-15)12-6-4-11(2)5-7-12/h4-7,13-17H,3,8-10H2,1-2H3. The van der Waals surface area contributed by atoms with Gasteiger partial charge >= 0.3 is 0 Å². The number of aliphatic hydroxyl groups is 1. The minimum Gasteiger partial charge on any atom is -0.395 e. The molecule has 1 unspecified atom stereocenters. The van der Waals surface area contributed by atoms with E-state index in [1.54, 1.807) is 0 Å². The maximum absolute atomic E-state index is 9.15. The molecule has 1 aliphatic carbocycles. The van der Waals surface area contributed by atoms with Gasteiger partial charge in [-0.1, -0.05) is 36.8 Å². The van der Waals surface area contributed by atoms with Crippen LogP contribution in [0.25, 0.3) is 0 Å². The second-order valence-electron chi connectivity index (χ2n) is 5.23. The SMILES string of the molecule is CCC(CO)NC1CC(c2ccc(C)cc2)C1. The van der Waals surface area contributed by atoms with Gasteiger partial charge in [0.2, 0.25) is 0 Å². The first-order valence-electron chi connectivity index (χ1n) is 6.66. The van der Waals surface area contributed by atoms with Crippen LogP contribution < -0.4 is 5.32 Å². The van der Waals surface area contributed by atoms with E-state index in [1.807, 2.05) is 0 Å². The Kier molecular flexibility index (Phi) is 4.19. The number of aliphatic hydroxyl groups excluding tert-OH is 1. The number of aryl methyl sites for hydroxylation is 1. The Hall–Kier alpha value is -0.860. The van der Waals surface area contributed by atoms with Crippen molar-refractivity contribution in [2.75, 3.05) is 6.61 Å². The van der Waals surface area contributed by atoms with Gasteiger partial charge in [0, 0.05) is 12.1 Å². The molecule has 0 saturated heterocycles. The Morgan fingerprint density at radius 3 is 2.47 bits per heavy atom. The molecule has 1 fully saturated rings. The molecule has 0 aromatic heterocycles. The molecule has 94 valence electrons. The third-order valence-electron chi connectivity index (χ3n) is 3.87. The van der Waals surface area contributed by atoms with Crippen molar-refractivity contribution in [3.8, 4) is 0 Å². The number of benzene rings is 1. The zero-order valence-corrected chi connectivity index (χ0v) is 10.8. The van der Waals surface area contributed by atoms with Crippen molar-refractivity contribution >= 4 is 0 Å². The second-order valence-corrected chi connectivity index (χ2v) is 5.23. The van der Waals surface area contributed by atoms with E-state index < -0.39 is 0 Å². The lowest BCUT2D eigenvalue weighted by molar-refractivity contribution is 0.193. The summed E-state index contributed by atoms with van der Waals surface area (Å²) in [6.45, 7) is 4.49. The van der Waals surface area contributed by atoms with E-state index in [0.717, 1.165) is 6.42 Å². The Balaban J connectivity index is 1.80. The highest BCUT2D eigenvalue weighted by Gasteiger charge is 2.30. The molecule has 2 heteroatoms. The van der Waals surface area contributed by atoms with Crippen molar-refractivity contribution in [3.05, 3.63) is 35.4 Å². The highest BCUT2D eigenvalue weighted by molar-refractivity contribution is 5.26. The van der Waals surface area contributed by atoms with Crippen molar-refractivity contribution in [2.45, 2.75) is 51.1 Å². The largest absolute Gasteiger partial charge is 0.395 e. The molecule has 1 aromatic carbocycles. The van der Waals surface area contributed by atoms with Gasteiger partial charge in [-0.25, -0.2) is 0 Å². The van der Waals surface area contributed by atoms with Crippen LogP contribution in [-0.2, 0) is 0 Å². The topological polar surface area (TPSA) is 32.3 Å². The molecule has 0 aliphatic heterocycles. The fourth-order valence-electron chi connectivity index (χ4n) is 2.50. The molecule has 0 bridgehead atoms. The molecule has 2 nitrogen and oxygen atoms in total. The van der Waals surface area contributed by atoms with Gasteiger partial charge in [0.1, 0.15) is 0 Å².